The molecule has 28 heavy (non-hydrogen) atoms. The molecule has 2 aromatic carbocycles. The van der Waals surface area contributed by atoms with Gasteiger partial charge in [0, 0.05) is 25.2 Å². The van der Waals surface area contributed by atoms with Crippen LogP contribution in [-0.4, -0.2) is 42.5 Å². The highest BCUT2D eigenvalue weighted by Gasteiger charge is 2.22. The first-order valence-electron chi connectivity index (χ1n) is 9.70. The summed E-state index contributed by atoms with van der Waals surface area (Å²) in [6.45, 7) is 1.67. The summed E-state index contributed by atoms with van der Waals surface area (Å²) in [5.41, 5.74) is 1.01. The summed E-state index contributed by atoms with van der Waals surface area (Å²) in [5.74, 6) is 0.778. The van der Waals surface area contributed by atoms with E-state index in [4.69, 9.17) is 4.74 Å². The minimum absolute atomic E-state index is 0.00955. The molecule has 0 radical (unpaired) electrons. The van der Waals surface area contributed by atoms with E-state index in [1.54, 1.807) is 6.08 Å². The molecule has 0 atom stereocenters. The van der Waals surface area contributed by atoms with E-state index in [0.29, 0.717) is 26.1 Å². The van der Waals surface area contributed by atoms with Gasteiger partial charge in [-0.3, -0.25) is 9.59 Å². The lowest BCUT2D eigenvalue weighted by atomic mass is 10.0. The molecule has 5 heteroatoms. The summed E-state index contributed by atoms with van der Waals surface area (Å²) in [7, 11) is 0. The van der Waals surface area contributed by atoms with Gasteiger partial charge in [0.1, 0.15) is 5.75 Å². The maximum absolute atomic E-state index is 12.3. The fourth-order valence-electron chi connectivity index (χ4n) is 3.16. The first-order valence-corrected chi connectivity index (χ1v) is 9.70. The number of rotatable bonds is 7. The lowest BCUT2D eigenvalue weighted by Crippen LogP contribution is -2.46. The Bertz CT molecular complexity index is 782. The van der Waals surface area contributed by atoms with Gasteiger partial charge in [-0.2, -0.15) is 0 Å². The Morgan fingerprint density at radius 1 is 1.00 bits per heavy atom. The monoisotopic (exact) mass is 378 g/mol. The second kappa shape index (κ2) is 10.3. The molecule has 2 aromatic rings. The van der Waals surface area contributed by atoms with Gasteiger partial charge in [0.05, 0.1) is 13.0 Å². The first kappa shape index (κ1) is 19.7. The average molecular weight is 378 g/mol. The quantitative estimate of drug-likeness (QED) is 0.753. The number of ether oxygens (including phenoxy) is 1. The van der Waals surface area contributed by atoms with Crippen LogP contribution in [0.4, 0.5) is 0 Å². The molecule has 0 saturated carbocycles. The van der Waals surface area contributed by atoms with Crippen molar-refractivity contribution in [3.05, 3.63) is 72.3 Å². The van der Waals surface area contributed by atoms with E-state index >= 15 is 0 Å². The summed E-state index contributed by atoms with van der Waals surface area (Å²) >= 11 is 0. The molecule has 2 amide bonds. The Balaban J connectivity index is 1.35. The highest BCUT2D eigenvalue weighted by molar-refractivity contribution is 5.91. The number of nitrogens with zero attached hydrogens (tertiary/aromatic N) is 1. The lowest BCUT2D eigenvalue weighted by molar-refractivity contribution is -0.127. The van der Waals surface area contributed by atoms with E-state index in [9.17, 15) is 9.59 Å². The number of carbonyl (C=O) groups excluding carboxylic acids is 2. The Kier molecular flexibility index (Phi) is 7.24. The number of amides is 2. The number of nitrogens with one attached hydrogen (secondary N) is 1. The number of piperidine rings is 1. The third-order valence-corrected chi connectivity index (χ3v) is 4.73. The minimum atomic E-state index is -0.00955. The Hall–Kier alpha value is -3.08. The highest BCUT2D eigenvalue weighted by atomic mass is 16.5. The van der Waals surface area contributed by atoms with Crippen LogP contribution in [0.1, 0.15) is 24.8 Å². The summed E-state index contributed by atoms with van der Waals surface area (Å²) in [5, 5.41) is 3.05. The minimum Gasteiger partial charge on any atom is -0.493 e. The summed E-state index contributed by atoms with van der Waals surface area (Å²) < 4.78 is 5.56. The lowest BCUT2D eigenvalue weighted by Gasteiger charge is -2.31. The fourth-order valence-corrected chi connectivity index (χ4v) is 3.16. The largest absolute Gasteiger partial charge is 0.493 e. The topological polar surface area (TPSA) is 58.6 Å². The number of likely N-dealkylation sites (tertiary alicyclic amines) is 1. The molecule has 1 aliphatic rings. The van der Waals surface area contributed by atoms with Crippen molar-refractivity contribution < 1.29 is 14.3 Å². The van der Waals surface area contributed by atoms with Crippen LogP contribution in [0.15, 0.2) is 66.7 Å². The van der Waals surface area contributed by atoms with Gasteiger partial charge in [0.25, 0.3) is 0 Å². The molecule has 146 valence electrons. The van der Waals surface area contributed by atoms with Crippen LogP contribution in [0, 0.1) is 0 Å². The molecule has 0 spiro atoms. The van der Waals surface area contributed by atoms with Crippen LogP contribution in [-0.2, 0) is 9.59 Å². The first-order chi connectivity index (χ1) is 13.7. The zero-order valence-corrected chi connectivity index (χ0v) is 15.9. The second-order valence-corrected chi connectivity index (χ2v) is 6.82. The standard InChI is InChI=1S/C23H26N2O3/c26-22(15-18-28-21-9-5-2-6-10-21)24-20-13-16-25(17-14-20)23(27)12-11-19-7-3-1-4-8-19/h1-12,20H,13-18H2,(H,24,26)/b12-11+. The van der Waals surface area contributed by atoms with Crippen LogP contribution in [0.25, 0.3) is 6.08 Å². The van der Waals surface area contributed by atoms with Gasteiger partial charge in [-0.05, 0) is 36.6 Å². The van der Waals surface area contributed by atoms with Gasteiger partial charge < -0.3 is 15.0 Å². The van der Waals surface area contributed by atoms with Crippen molar-refractivity contribution in [3.8, 4) is 5.75 Å². The summed E-state index contributed by atoms with van der Waals surface area (Å²) in [6.07, 6.45) is 5.33. The fraction of sp³-hybridized carbons (Fsp3) is 0.304. The zero-order chi connectivity index (χ0) is 19.6. The van der Waals surface area contributed by atoms with Crippen molar-refractivity contribution in [1.29, 1.82) is 0 Å². The molecule has 1 fully saturated rings. The van der Waals surface area contributed by atoms with Crippen molar-refractivity contribution in [1.82, 2.24) is 10.2 Å². The van der Waals surface area contributed by atoms with Crippen molar-refractivity contribution in [2.75, 3.05) is 19.7 Å². The molecule has 0 aromatic heterocycles. The zero-order valence-electron chi connectivity index (χ0n) is 15.9. The van der Waals surface area contributed by atoms with E-state index in [2.05, 4.69) is 5.32 Å². The van der Waals surface area contributed by atoms with E-state index in [-0.39, 0.29) is 17.9 Å². The van der Waals surface area contributed by atoms with Crippen molar-refractivity contribution in [3.63, 3.8) is 0 Å². The Labute approximate surface area is 166 Å². The maximum atomic E-state index is 12.3. The van der Waals surface area contributed by atoms with Crippen LogP contribution >= 0.6 is 0 Å². The molecule has 1 heterocycles. The molecular weight excluding hydrogens is 352 g/mol. The van der Waals surface area contributed by atoms with Gasteiger partial charge in [0.2, 0.25) is 11.8 Å². The predicted molar refractivity (Wildman–Crippen MR) is 110 cm³/mol. The number of hydrogen-bond acceptors (Lipinski definition) is 3. The van der Waals surface area contributed by atoms with Crippen molar-refractivity contribution in [2.24, 2.45) is 0 Å². The van der Waals surface area contributed by atoms with Gasteiger partial charge in [0.15, 0.2) is 0 Å². The molecule has 1 aliphatic heterocycles. The maximum Gasteiger partial charge on any atom is 0.246 e. The Morgan fingerprint density at radius 2 is 1.64 bits per heavy atom. The van der Waals surface area contributed by atoms with Gasteiger partial charge in [-0.1, -0.05) is 48.5 Å². The molecule has 5 nitrogen and oxygen atoms in total. The average Bonchev–Trinajstić information content (AvgIpc) is 2.74. The van der Waals surface area contributed by atoms with Crippen LogP contribution in [0.5, 0.6) is 5.75 Å². The van der Waals surface area contributed by atoms with E-state index < -0.39 is 0 Å². The van der Waals surface area contributed by atoms with Crippen molar-refractivity contribution in [2.45, 2.75) is 25.3 Å². The third kappa shape index (κ3) is 6.27. The molecule has 3 rings (SSSR count). The molecule has 1 N–H and O–H groups in total. The van der Waals surface area contributed by atoms with Crippen molar-refractivity contribution >= 4 is 17.9 Å². The molecule has 0 unspecified atom stereocenters. The second-order valence-electron chi connectivity index (χ2n) is 6.82. The SMILES string of the molecule is O=C(CCOc1ccccc1)NC1CCN(C(=O)/C=C/c2ccccc2)CC1. The third-order valence-electron chi connectivity index (χ3n) is 4.73. The highest BCUT2D eigenvalue weighted by Crippen LogP contribution is 2.12. The predicted octanol–water partition coefficient (Wildman–Crippen LogP) is 3.28. The van der Waals surface area contributed by atoms with Gasteiger partial charge in [-0.15, -0.1) is 0 Å². The van der Waals surface area contributed by atoms with E-state index in [1.165, 1.54) is 0 Å². The van der Waals surface area contributed by atoms with Crippen LogP contribution < -0.4 is 10.1 Å². The number of para-hydroxylation sites is 1. The summed E-state index contributed by atoms with van der Waals surface area (Å²) in [4.78, 5) is 26.2. The van der Waals surface area contributed by atoms with Gasteiger partial charge in [-0.25, -0.2) is 0 Å². The normalized spacial score (nSPS) is 14.8. The number of hydrogen-bond donors (Lipinski definition) is 1. The Morgan fingerprint density at radius 3 is 2.32 bits per heavy atom. The molecule has 0 aliphatic carbocycles. The number of benzene rings is 2. The number of carbonyl (C=O) groups is 2. The molecule has 1 saturated heterocycles. The van der Waals surface area contributed by atoms with E-state index in [0.717, 1.165) is 24.2 Å². The molecular formula is C23H26N2O3. The smallest absolute Gasteiger partial charge is 0.246 e. The van der Waals surface area contributed by atoms with Crippen LogP contribution in [0.3, 0.4) is 0 Å². The summed E-state index contributed by atoms with van der Waals surface area (Å²) in [6, 6.07) is 19.4. The van der Waals surface area contributed by atoms with Crippen LogP contribution in [0.2, 0.25) is 0 Å². The van der Waals surface area contributed by atoms with E-state index in [1.807, 2.05) is 71.6 Å². The molecule has 0 bridgehead atoms. The van der Waals surface area contributed by atoms with Gasteiger partial charge >= 0.3 is 0 Å².